The molecule has 0 aliphatic heterocycles. The van der Waals surface area contributed by atoms with E-state index in [1.807, 2.05) is 66.7 Å². The van der Waals surface area contributed by atoms with Crippen molar-refractivity contribution in [2.24, 2.45) is 0 Å². The Labute approximate surface area is 136 Å². The Morgan fingerprint density at radius 3 is 2.10 bits per heavy atom. The molecule has 0 bridgehead atoms. The Bertz CT molecular complexity index is 596. The molecule has 0 aliphatic carbocycles. The van der Waals surface area contributed by atoms with Gasteiger partial charge < -0.3 is 4.74 Å². The molecule has 3 rings (SSSR count). The Morgan fingerprint density at radius 2 is 1.62 bits per heavy atom. The zero-order chi connectivity index (χ0) is 14.0. The van der Waals surface area contributed by atoms with Crippen LogP contribution < -0.4 is 4.74 Å². The maximum absolute atomic E-state index is 5.29. The van der Waals surface area contributed by atoms with Gasteiger partial charge in [-0.2, -0.15) is 30.3 Å². The number of hydrogen-bond acceptors (Lipinski definition) is 1. The van der Waals surface area contributed by atoms with E-state index < -0.39 is 0 Å². The molecular formula is C19H16FeO. The van der Waals surface area contributed by atoms with Crippen LogP contribution in [0, 0.1) is 12.3 Å². The van der Waals surface area contributed by atoms with Crippen molar-refractivity contribution in [3.05, 3.63) is 78.9 Å². The monoisotopic (exact) mass is 316 g/mol. The van der Waals surface area contributed by atoms with Crippen LogP contribution in [0.1, 0.15) is 0 Å². The van der Waals surface area contributed by atoms with Gasteiger partial charge in [-0.3, -0.25) is 0 Å². The first-order valence-electron chi connectivity index (χ1n) is 6.45. The summed E-state index contributed by atoms with van der Waals surface area (Å²) in [5.74, 6) is 3.24. The molecule has 0 amide bonds. The summed E-state index contributed by atoms with van der Waals surface area (Å²) in [5, 5.41) is 0. The first kappa shape index (κ1) is 16.9. The van der Waals surface area contributed by atoms with Gasteiger partial charge in [0.25, 0.3) is 0 Å². The van der Waals surface area contributed by atoms with Crippen molar-refractivity contribution >= 4 is 0 Å². The van der Waals surface area contributed by atoms with Crippen molar-refractivity contribution in [1.82, 2.24) is 0 Å². The Balaban J connectivity index is 0.000000313. The second-order valence-corrected chi connectivity index (χ2v) is 4.15. The third kappa shape index (κ3) is 5.75. The minimum atomic E-state index is 0. The van der Waals surface area contributed by atoms with E-state index in [-0.39, 0.29) is 17.1 Å². The summed E-state index contributed by atoms with van der Waals surface area (Å²) >= 11 is 0. The molecule has 2 heteroatoms. The van der Waals surface area contributed by atoms with Crippen LogP contribution in [-0.4, -0.2) is 6.61 Å². The summed E-state index contributed by atoms with van der Waals surface area (Å²) in [5.41, 5.74) is 2.41. The summed E-state index contributed by atoms with van der Waals surface area (Å²) in [6.45, 7) is 0.315. The van der Waals surface area contributed by atoms with Gasteiger partial charge >= 0.3 is 17.1 Å². The smallest absolute Gasteiger partial charge is 0.482 e. The quantitative estimate of drug-likeness (QED) is 0.393. The van der Waals surface area contributed by atoms with Gasteiger partial charge in [0.15, 0.2) is 0 Å². The van der Waals surface area contributed by atoms with E-state index in [1.54, 1.807) is 0 Å². The average Bonchev–Trinajstić information content (AvgIpc) is 3.20. The maximum Gasteiger partial charge on any atom is 2.00 e. The molecule has 0 atom stereocenters. The standard InChI is InChI=1S/C14H11O.C5H5.Fe/c1-2-11-15-14-9-7-13(8-10-14)12-5-3-4-6-12;1-2-4-5-3-1;/h1,3-10H,11H2;1-5H;/q2*-1;+2. The van der Waals surface area contributed by atoms with Gasteiger partial charge in [-0.1, -0.05) is 23.6 Å². The van der Waals surface area contributed by atoms with Crippen molar-refractivity contribution in [2.75, 3.05) is 6.61 Å². The maximum atomic E-state index is 5.29. The normalized spacial score (nSPS) is 8.71. The van der Waals surface area contributed by atoms with Gasteiger partial charge in [0.1, 0.15) is 12.4 Å². The Kier molecular flexibility index (Phi) is 7.76. The van der Waals surface area contributed by atoms with Crippen molar-refractivity contribution in [1.29, 1.82) is 0 Å². The third-order valence-electron chi connectivity index (χ3n) is 2.73. The topological polar surface area (TPSA) is 9.23 Å². The molecule has 0 saturated carbocycles. The van der Waals surface area contributed by atoms with Gasteiger partial charge in [-0.25, -0.2) is 12.1 Å². The van der Waals surface area contributed by atoms with E-state index in [4.69, 9.17) is 11.2 Å². The molecule has 0 aromatic heterocycles. The van der Waals surface area contributed by atoms with Crippen LogP contribution in [0.3, 0.4) is 0 Å². The second-order valence-electron chi connectivity index (χ2n) is 4.15. The molecule has 3 aromatic rings. The van der Waals surface area contributed by atoms with Gasteiger partial charge in [-0.05, 0) is 0 Å². The zero-order valence-electron chi connectivity index (χ0n) is 11.6. The van der Waals surface area contributed by atoms with Gasteiger partial charge in [0.05, 0.1) is 0 Å². The van der Waals surface area contributed by atoms with Crippen LogP contribution in [0.4, 0.5) is 0 Å². The summed E-state index contributed by atoms with van der Waals surface area (Å²) in [6.07, 6.45) is 5.11. The number of hydrogen-bond donors (Lipinski definition) is 0. The Hall–Kier alpha value is -2.20. The first-order valence-corrected chi connectivity index (χ1v) is 6.45. The van der Waals surface area contributed by atoms with E-state index in [9.17, 15) is 0 Å². The van der Waals surface area contributed by atoms with Crippen LogP contribution in [-0.2, 0) is 17.1 Å². The molecule has 0 aliphatic rings. The van der Waals surface area contributed by atoms with Crippen molar-refractivity contribution < 1.29 is 21.8 Å². The van der Waals surface area contributed by atoms with Crippen LogP contribution in [0.5, 0.6) is 5.75 Å². The molecule has 0 N–H and O–H groups in total. The number of rotatable bonds is 3. The molecule has 0 heterocycles. The molecule has 106 valence electrons. The molecule has 0 saturated heterocycles. The minimum absolute atomic E-state index is 0. The van der Waals surface area contributed by atoms with E-state index in [0.717, 1.165) is 5.75 Å². The largest absolute Gasteiger partial charge is 2.00 e. The first-order chi connectivity index (χ1) is 9.90. The third-order valence-corrected chi connectivity index (χ3v) is 2.73. The molecule has 0 radical (unpaired) electrons. The van der Waals surface area contributed by atoms with Gasteiger partial charge in [-0.15, -0.1) is 36.3 Å². The molecule has 1 nitrogen and oxygen atoms in total. The van der Waals surface area contributed by atoms with Gasteiger partial charge in [0.2, 0.25) is 0 Å². The average molecular weight is 316 g/mol. The summed E-state index contributed by atoms with van der Waals surface area (Å²) in [7, 11) is 0. The molecule has 3 aromatic carbocycles. The predicted molar refractivity (Wildman–Crippen MR) is 83.8 cm³/mol. The van der Waals surface area contributed by atoms with E-state index in [1.165, 1.54) is 11.1 Å². The molecule has 21 heavy (non-hydrogen) atoms. The summed E-state index contributed by atoms with van der Waals surface area (Å²) < 4.78 is 5.29. The summed E-state index contributed by atoms with van der Waals surface area (Å²) in [6, 6.07) is 26.1. The molecule has 0 unspecified atom stereocenters. The number of benzene rings is 1. The predicted octanol–water partition coefficient (Wildman–Crippen LogP) is 4.49. The van der Waals surface area contributed by atoms with Crippen LogP contribution in [0.15, 0.2) is 78.9 Å². The molecular weight excluding hydrogens is 300 g/mol. The fraction of sp³-hybridized carbons (Fsp3) is 0.0526. The van der Waals surface area contributed by atoms with E-state index in [2.05, 4.69) is 18.1 Å². The van der Waals surface area contributed by atoms with E-state index >= 15 is 0 Å². The molecule has 0 spiro atoms. The SMILES string of the molecule is C#CCOc1ccc(-[c-]2cccc2)cc1.[Fe+2].c1cc[cH-]c1. The van der Waals surface area contributed by atoms with Crippen LogP contribution >= 0.6 is 0 Å². The number of ether oxygens (including phenoxy) is 1. The molecule has 0 fully saturated rings. The fourth-order valence-corrected chi connectivity index (χ4v) is 1.76. The van der Waals surface area contributed by atoms with Gasteiger partial charge in [0, 0.05) is 0 Å². The minimum Gasteiger partial charge on any atom is -0.482 e. The second kappa shape index (κ2) is 9.66. The number of terminal acetylenes is 1. The Morgan fingerprint density at radius 1 is 1.00 bits per heavy atom. The van der Waals surface area contributed by atoms with Crippen LogP contribution in [0.2, 0.25) is 0 Å². The van der Waals surface area contributed by atoms with E-state index in [0.29, 0.717) is 6.61 Å². The van der Waals surface area contributed by atoms with Crippen molar-refractivity contribution in [2.45, 2.75) is 0 Å². The van der Waals surface area contributed by atoms with Crippen molar-refractivity contribution in [3.8, 4) is 29.2 Å². The van der Waals surface area contributed by atoms with Crippen molar-refractivity contribution in [3.63, 3.8) is 0 Å². The fourth-order valence-electron chi connectivity index (χ4n) is 1.76. The zero-order valence-corrected chi connectivity index (χ0v) is 12.7. The summed E-state index contributed by atoms with van der Waals surface area (Å²) in [4.78, 5) is 0. The van der Waals surface area contributed by atoms with Crippen LogP contribution in [0.25, 0.3) is 11.1 Å².